The number of benzene rings is 3. The van der Waals surface area contributed by atoms with E-state index in [2.05, 4.69) is 0 Å². The molecule has 0 amide bonds. The van der Waals surface area contributed by atoms with E-state index in [-0.39, 0.29) is 11.1 Å². The molecule has 0 aliphatic carbocycles. The van der Waals surface area contributed by atoms with Crippen LogP contribution in [0, 0.1) is 0 Å². The van der Waals surface area contributed by atoms with E-state index in [4.69, 9.17) is 14.2 Å². The molecule has 0 spiro atoms. The van der Waals surface area contributed by atoms with E-state index in [1.165, 1.54) is 14.2 Å². The fourth-order valence-corrected chi connectivity index (χ4v) is 4.03. The number of carbonyl (C=O) groups excluding carboxylic acids is 2. The van der Waals surface area contributed by atoms with Crippen LogP contribution in [0.4, 0.5) is 0 Å². The average molecular weight is 440 g/mol. The van der Waals surface area contributed by atoms with Crippen LogP contribution >= 0.6 is 0 Å². The summed E-state index contributed by atoms with van der Waals surface area (Å²) in [7, 11) is 2.65. The summed E-state index contributed by atoms with van der Waals surface area (Å²) in [6, 6.07) is 28.5. The van der Waals surface area contributed by atoms with Crippen molar-refractivity contribution < 1.29 is 23.8 Å². The molecule has 0 N–H and O–H groups in total. The van der Waals surface area contributed by atoms with Gasteiger partial charge in [-0.25, -0.2) is 9.59 Å². The van der Waals surface area contributed by atoms with Crippen LogP contribution in [0.5, 0.6) is 0 Å². The van der Waals surface area contributed by atoms with Crippen molar-refractivity contribution in [1.29, 1.82) is 0 Å². The van der Waals surface area contributed by atoms with Gasteiger partial charge in [0.2, 0.25) is 0 Å². The summed E-state index contributed by atoms with van der Waals surface area (Å²) in [4.78, 5) is 26.2. The number of esters is 2. The first-order valence-corrected chi connectivity index (χ1v) is 10.6. The Morgan fingerprint density at radius 2 is 1.24 bits per heavy atom. The number of rotatable bonds is 6. The molecule has 166 valence electrons. The number of allylic oxidation sites excluding steroid dienone is 1. The second-order valence-electron chi connectivity index (χ2n) is 7.54. The Balaban J connectivity index is 1.99. The van der Waals surface area contributed by atoms with Crippen LogP contribution < -0.4 is 0 Å². The molecule has 0 aromatic heterocycles. The Labute approximate surface area is 192 Å². The Morgan fingerprint density at radius 3 is 1.82 bits per heavy atom. The molecule has 5 nitrogen and oxygen atoms in total. The second-order valence-corrected chi connectivity index (χ2v) is 7.54. The Bertz CT molecular complexity index is 1190. The monoisotopic (exact) mass is 440 g/mol. The zero-order valence-electron chi connectivity index (χ0n) is 18.5. The van der Waals surface area contributed by atoms with Crippen LogP contribution in [-0.2, 0) is 30.2 Å². The van der Waals surface area contributed by atoms with Crippen molar-refractivity contribution in [3.05, 3.63) is 125 Å². The molecule has 4 rings (SSSR count). The smallest absolute Gasteiger partial charge is 0.338 e. The van der Waals surface area contributed by atoms with Gasteiger partial charge in [0.05, 0.1) is 31.3 Å². The molecule has 1 aliphatic heterocycles. The van der Waals surface area contributed by atoms with Gasteiger partial charge >= 0.3 is 11.9 Å². The summed E-state index contributed by atoms with van der Waals surface area (Å²) in [6.45, 7) is 0. The highest BCUT2D eigenvalue weighted by Gasteiger charge is 2.41. The predicted molar refractivity (Wildman–Crippen MR) is 125 cm³/mol. The molecule has 5 heteroatoms. The van der Waals surface area contributed by atoms with Crippen LogP contribution in [0.15, 0.2) is 108 Å². The van der Waals surface area contributed by atoms with Crippen LogP contribution in [0.2, 0.25) is 0 Å². The minimum Gasteiger partial charge on any atom is -0.466 e. The molecule has 3 aromatic carbocycles. The van der Waals surface area contributed by atoms with E-state index >= 15 is 0 Å². The van der Waals surface area contributed by atoms with Crippen LogP contribution in [-0.4, -0.2) is 26.2 Å². The summed E-state index contributed by atoms with van der Waals surface area (Å²) in [5.41, 5.74) is 2.99. The summed E-state index contributed by atoms with van der Waals surface area (Å²) in [6.07, 6.45) is 0.361. The number of hydrogen-bond donors (Lipinski definition) is 0. The van der Waals surface area contributed by atoms with Crippen molar-refractivity contribution in [2.75, 3.05) is 14.2 Å². The van der Waals surface area contributed by atoms with Gasteiger partial charge in [-0.3, -0.25) is 0 Å². The van der Waals surface area contributed by atoms with Gasteiger partial charge in [0.15, 0.2) is 0 Å². The minimum atomic E-state index is -0.714. The third-order valence-electron chi connectivity index (χ3n) is 5.53. The van der Waals surface area contributed by atoms with E-state index in [0.717, 1.165) is 11.1 Å². The van der Waals surface area contributed by atoms with Gasteiger partial charge in [-0.05, 0) is 11.1 Å². The summed E-state index contributed by atoms with van der Waals surface area (Å²) < 4.78 is 16.7. The Hall–Kier alpha value is -4.12. The summed E-state index contributed by atoms with van der Waals surface area (Å²) in [5, 5.41) is 0. The van der Waals surface area contributed by atoms with Crippen molar-refractivity contribution >= 4 is 17.7 Å². The van der Waals surface area contributed by atoms with E-state index in [0.29, 0.717) is 23.5 Å². The predicted octanol–water partition coefficient (Wildman–Crippen LogP) is 5.05. The molecule has 0 saturated carbocycles. The average Bonchev–Trinajstić information content (AvgIpc) is 2.88. The van der Waals surface area contributed by atoms with Crippen LogP contribution in [0.3, 0.4) is 0 Å². The SMILES string of the molecule is COC(=O)C1=C(Cc2ccccc2)OC(c2ccccc2)=C(C(=O)OC)C1c1ccccc1. The largest absolute Gasteiger partial charge is 0.466 e. The first-order chi connectivity index (χ1) is 16.1. The highest BCUT2D eigenvalue weighted by Crippen LogP contribution is 2.45. The molecule has 3 aromatic rings. The molecule has 1 heterocycles. The summed E-state index contributed by atoms with van der Waals surface area (Å²) >= 11 is 0. The van der Waals surface area contributed by atoms with Crippen molar-refractivity contribution in [2.45, 2.75) is 12.3 Å². The Kier molecular flexibility index (Phi) is 6.69. The third kappa shape index (κ3) is 4.58. The number of ether oxygens (including phenoxy) is 3. The minimum absolute atomic E-state index is 0.257. The van der Waals surface area contributed by atoms with Crippen molar-refractivity contribution in [2.24, 2.45) is 0 Å². The first-order valence-electron chi connectivity index (χ1n) is 10.6. The standard InChI is InChI=1S/C28H24O5/c1-31-27(29)24-22(18-19-12-6-3-7-13-19)33-26(21-16-10-5-11-17-21)25(28(30)32-2)23(24)20-14-8-4-9-15-20/h3-17,23H,18H2,1-2H3. The van der Waals surface area contributed by atoms with Crippen molar-refractivity contribution in [3.8, 4) is 0 Å². The second kappa shape index (κ2) is 10.0. The maximum absolute atomic E-state index is 13.1. The van der Waals surface area contributed by atoms with E-state index < -0.39 is 17.9 Å². The maximum Gasteiger partial charge on any atom is 0.338 e. The topological polar surface area (TPSA) is 61.8 Å². The zero-order valence-corrected chi connectivity index (χ0v) is 18.5. The molecule has 1 aliphatic rings. The molecule has 0 bridgehead atoms. The Morgan fingerprint density at radius 1 is 0.727 bits per heavy atom. The lowest BCUT2D eigenvalue weighted by Crippen LogP contribution is -2.28. The fourth-order valence-electron chi connectivity index (χ4n) is 4.03. The molecule has 0 fully saturated rings. The molecular formula is C28H24O5. The van der Waals surface area contributed by atoms with Gasteiger partial charge in [-0.1, -0.05) is 91.0 Å². The molecule has 1 unspecified atom stereocenters. The lowest BCUT2D eigenvalue weighted by atomic mass is 9.80. The first kappa shape index (κ1) is 22.1. The molecular weight excluding hydrogens is 416 g/mol. The lowest BCUT2D eigenvalue weighted by molar-refractivity contribution is -0.137. The number of carbonyl (C=O) groups is 2. The normalized spacial score (nSPS) is 15.6. The van der Waals surface area contributed by atoms with Crippen molar-refractivity contribution in [3.63, 3.8) is 0 Å². The van der Waals surface area contributed by atoms with Gasteiger partial charge in [0.1, 0.15) is 11.5 Å². The highest BCUT2D eigenvalue weighted by molar-refractivity contribution is 6.04. The third-order valence-corrected chi connectivity index (χ3v) is 5.53. The molecule has 0 radical (unpaired) electrons. The van der Waals surface area contributed by atoms with Gasteiger partial charge in [0.25, 0.3) is 0 Å². The number of methoxy groups -OCH3 is 2. The number of hydrogen-bond acceptors (Lipinski definition) is 5. The van der Waals surface area contributed by atoms with Gasteiger partial charge < -0.3 is 14.2 Å². The quantitative estimate of drug-likeness (QED) is 0.502. The van der Waals surface area contributed by atoms with Gasteiger partial charge in [-0.15, -0.1) is 0 Å². The van der Waals surface area contributed by atoms with Crippen LogP contribution in [0.1, 0.15) is 22.6 Å². The van der Waals surface area contributed by atoms with E-state index in [1.807, 2.05) is 91.0 Å². The fraction of sp³-hybridized carbons (Fsp3) is 0.143. The maximum atomic E-state index is 13.1. The molecule has 0 saturated heterocycles. The van der Waals surface area contributed by atoms with Crippen molar-refractivity contribution in [1.82, 2.24) is 0 Å². The lowest BCUT2D eigenvalue weighted by Gasteiger charge is -2.31. The van der Waals surface area contributed by atoms with Crippen LogP contribution in [0.25, 0.3) is 5.76 Å². The summed E-state index contributed by atoms with van der Waals surface area (Å²) in [5.74, 6) is -1.02. The highest BCUT2D eigenvalue weighted by atomic mass is 16.5. The van der Waals surface area contributed by atoms with E-state index in [1.54, 1.807) is 0 Å². The van der Waals surface area contributed by atoms with Gasteiger partial charge in [-0.2, -0.15) is 0 Å². The van der Waals surface area contributed by atoms with E-state index in [9.17, 15) is 9.59 Å². The molecule has 1 atom stereocenters. The molecule has 33 heavy (non-hydrogen) atoms. The van der Waals surface area contributed by atoms with Gasteiger partial charge in [0, 0.05) is 12.0 Å². The zero-order chi connectivity index (χ0) is 23.2.